The van der Waals surface area contributed by atoms with E-state index in [1.807, 2.05) is 18.6 Å². The third-order valence-corrected chi connectivity index (χ3v) is 5.30. The first-order chi connectivity index (χ1) is 12.5. The SMILES string of the molecule is CC(C)(C)N1Cc2ccncc2C1.CC(C)(C)N1Cc2cnc(N)nc2C1. The van der Waals surface area contributed by atoms with E-state index in [1.54, 1.807) is 0 Å². The molecule has 2 aliphatic rings. The highest BCUT2D eigenvalue weighted by Crippen LogP contribution is 2.28. The Hall–Kier alpha value is -2.05. The lowest BCUT2D eigenvalue weighted by Gasteiger charge is -2.31. The zero-order chi connectivity index (χ0) is 19.8. The first-order valence-corrected chi connectivity index (χ1v) is 9.56. The number of hydrogen-bond acceptors (Lipinski definition) is 6. The van der Waals surface area contributed by atoms with Gasteiger partial charge in [-0.3, -0.25) is 14.8 Å². The van der Waals surface area contributed by atoms with E-state index in [-0.39, 0.29) is 11.1 Å². The van der Waals surface area contributed by atoms with Crippen LogP contribution >= 0.6 is 0 Å². The van der Waals surface area contributed by atoms with E-state index < -0.39 is 0 Å². The molecule has 0 unspecified atom stereocenters. The molecule has 6 nitrogen and oxygen atoms in total. The van der Waals surface area contributed by atoms with Crippen LogP contribution in [0.1, 0.15) is 63.9 Å². The van der Waals surface area contributed by atoms with Gasteiger partial charge in [-0.05, 0) is 58.7 Å². The standard InChI is InChI=1S/C11H16N2.C10H16N4/c1-11(2,3)13-7-9-4-5-12-6-10(9)8-13;1-10(2,3)14-5-7-4-12-9(11)13-8(7)6-14/h4-6H,7-8H2,1-3H3;4H,5-6H2,1-3H3,(H2,11,12,13). The summed E-state index contributed by atoms with van der Waals surface area (Å²) in [6.07, 6.45) is 5.70. The summed E-state index contributed by atoms with van der Waals surface area (Å²) in [6.45, 7) is 17.3. The van der Waals surface area contributed by atoms with Gasteiger partial charge < -0.3 is 5.73 Å². The Kier molecular flexibility index (Phi) is 5.23. The van der Waals surface area contributed by atoms with Crippen LogP contribution in [0.2, 0.25) is 0 Å². The van der Waals surface area contributed by atoms with E-state index >= 15 is 0 Å². The highest BCUT2D eigenvalue weighted by Gasteiger charge is 2.29. The number of fused-ring (bicyclic) bond motifs is 2. The third kappa shape index (κ3) is 4.62. The summed E-state index contributed by atoms with van der Waals surface area (Å²) in [5.74, 6) is 0.375. The monoisotopic (exact) mass is 368 g/mol. The molecule has 0 saturated carbocycles. The van der Waals surface area contributed by atoms with Crippen molar-refractivity contribution in [3.63, 3.8) is 0 Å². The van der Waals surface area contributed by atoms with Gasteiger partial charge in [0, 0.05) is 61.4 Å². The van der Waals surface area contributed by atoms with Crippen LogP contribution < -0.4 is 5.73 Å². The van der Waals surface area contributed by atoms with E-state index in [4.69, 9.17) is 5.73 Å². The summed E-state index contributed by atoms with van der Waals surface area (Å²) in [5.41, 5.74) is 11.1. The Labute approximate surface area is 162 Å². The Morgan fingerprint density at radius 2 is 1.41 bits per heavy atom. The maximum absolute atomic E-state index is 5.54. The van der Waals surface area contributed by atoms with Gasteiger partial charge in [-0.25, -0.2) is 9.97 Å². The summed E-state index contributed by atoms with van der Waals surface area (Å²) >= 11 is 0. The molecule has 4 heterocycles. The maximum atomic E-state index is 5.54. The fourth-order valence-electron chi connectivity index (χ4n) is 3.34. The van der Waals surface area contributed by atoms with Crippen LogP contribution in [0.4, 0.5) is 5.95 Å². The first kappa shape index (κ1) is 19.7. The molecule has 0 fully saturated rings. The highest BCUT2D eigenvalue weighted by molar-refractivity contribution is 5.28. The van der Waals surface area contributed by atoms with Gasteiger partial charge in [0.25, 0.3) is 0 Å². The molecular formula is C21H32N6. The van der Waals surface area contributed by atoms with Crippen LogP contribution in [0.3, 0.4) is 0 Å². The first-order valence-electron chi connectivity index (χ1n) is 9.56. The summed E-state index contributed by atoms with van der Waals surface area (Å²) in [5, 5.41) is 0. The van der Waals surface area contributed by atoms with Crippen molar-refractivity contribution in [3.8, 4) is 0 Å². The Bertz CT molecular complexity index is 778. The van der Waals surface area contributed by atoms with E-state index in [1.165, 1.54) is 16.7 Å². The number of nitrogens with zero attached hydrogens (tertiary/aromatic N) is 5. The van der Waals surface area contributed by atoms with Gasteiger partial charge in [-0.1, -0.05) is 0 Å². The zero-order valence-corrected chi connectivity index (χ0v) is 17.5. The van der Waals surface area contributed by atoms with E-state index in [2.05, 4.69) is 72.4 Å². The summed E-state index contributed by atoms with van der Waals surface area (Å²) < 4.78 is 0. The molecule has 0 aromatic carbocycles. The number of pyridine rings is 1. The van der Waals surface area contributed by atoms with E-state index in [0.717, 1.165) is 31.9 Å². The van der Waals surface area contributed by atoms with Crippen molar-refractivity contribution >= 4 is 5.95 Å². The van der Waals surface area contributed by atoms with Gasteiger partial charge in [0.2, 0.25) is 5.95 Å². The van der Waals surface area contributed by atoms with Gasteiger partial charge in [-0.2, -0.15) is 0 Å². The summed E-state index contributed by atoms with van der Waals surface area (Å²) in [7, 11) is 0. The number of nitrogens with two attached hydrogens (primary N) is 1. The van der Waals surface area contributed by atoms with Crippen molar-refractivity contribution in [1.29, 1.82) is 0 Å². The normalized spacial score (nSPS) is 17.3. The zero-order valence-electron chi connectivity index (χ0n) is 17.5. The largest absolute Gasteiger partial charge is 0.368 e. The van der Waals surface area contributed by atoms with Crippen LogP contribution in [0, 0.1) is 0 Å². The number of anilines is 1. The fraction of sp³-hybridized carbons (Fsp3) is 0.571. The minimum absolute atomic E-state index is 0.176. The maximum Gasteiger partial charge on any atom is 0.220 e. The van der Waals surface area contributed by atoms with Crippen molar-refractivity contribution in [2.75, 3.05) is 5.73 Å². The van der Waals surface area contributed by atoms with Crippen molar-refractivity contribution in [3.05, 3.63) is 47.0 Å². The molecule has 0 radical (unpaired) electrons. The molecule has 0 bridgehead atoms. The lowest BCUT2D eigenvalue weighted by Crippen LogP contribution is -2.36. The lowest BCUT2D eigenvalue weighted by atomic mass is 10.1. The molecule has 0 amide bonds. The second kappa shape index (κ2) is 7.17. The fourth-order valence-corrected chi connectivity index (χ4v) is 3.34. The van der Waals surface area contributed by atoms with Gasteiger partial charge in [0.05, 0.1) is 5.69 Å². The molecule has 27 heavy (non-hydrogen) atoms. The highest BCUT2D eigenvalue weighted by atomic mass is 15.2. The van der Waals surface area contributed by atoms with E-state index in [0.29, 0.717) is 5.95 Å². The average Bonchev–Trinajstić information content (AvgIpc) is 3.18. The van der Waals surface area contributed by atoms with Crippen LogP contribution in [0.5, 0.6) is 0 Å². The van der Waals surface area contributed by atoms with E-state index in [9.17, 15) is 0 Å². The molecule has 2 aromatic rings. The molecule has 2 aromatic heterocycles. The average molecular weight is 369 g/mol. The smallest absolute Gasteiger partial charge is 0.220 e. The van der Waals surface area contributed by atoms with Gasteiger partial charge in [0.15, 0.2) is 0 Å². The minimum Gasteiger partial charge on any atom is -0.368 e. The predicted molar refractivity (Wildman–Crippen MR) is 109 cm³/mol. The molecule has 2 N–H and O–H groups in total. The molecular weight excluding hydrogens is 336 g/mol. The molecule has 0 aliphatic carbocycles. The minimum atomic E-state index is 0.176. The third-order valence-electron chi connectivity index (χ3n) is 5.30. The molecule has 0 spiro atoms. The molecule has 0 saturated heterocycles. The predicted octanol–water partition coefficient (Wildman–Crippen LogP) is 3.37. The lowest BCUT2D eigenvalue weighted by molar-refractivity contribution is 0.135. The second-order valence-electron chi connectivity index (χ2n) is 9.40. The van der Waals surface area contributed by atoms with Crippen LogP contribution in [-0.4, -0.2) is 35.8 Å². The van der Waals surface area contributed by atoms with Crippen molar-refractivity contribution in [2.45, 2.75) is 78.8 Å². The van der Waals surface area contributed by atoms with Gasteiger partial charge >= 0.3 is 0 Å². The number of hydrogen-bond donors (Lipinski definition) is 1. The topological polar surface area (TPSA) is 71.2 Å². The molecule has 6 heteroatoms. The van der Waals surface area contributed by atoms with Crippen LogP contribution in [-0.2, 0) is 26.2 Å². The van der Waals surface area contributed by atoms with Crippen molar-refractivity contribution in [1.82, 2.24) is 24.8 Å². The molecule has 2 aliphatic heterocycles. The second-order valence-corrected chi connectivity index (χ2v) is 9.40. The molecule has 4 rings (SSSR count). The van der Waals surface area contributed by atoms with Crippen LogP contribution in [0.25, 0.3) is 0 Å². The van der Waals surface area contributed by atoms with Crippen LogP contribution in [0.15, 0.2) is 24.7 Å². The van der Waals surface area contributed by atoms with Gasteiger partial charge in [-0.15, -0.1) is 0 Å². The molecule has 146 valence electrons. The number of nitrogen functional groups attached to an aromatic ring is 1. The summed E-state index contributed by atoms with van der Waals surface area (Å²) in [4.78, 5) is 17.2. The van der Waals surface area contributed by atoms with Gasteiger partial charge in [0.1, 0.15) is 0 Å². The quantitative estimate of drug-likeness (QED) is 0.769. The Balaban J connectivity index is 0.000000156. The summed E-state index contributed by atoms with van der Waals surface area (Å²) in [6, 6.07) is 2.13. The van der Waals surface area contributed by atoms with Crippen molar-refractivity contribution in [2.24, 2.45) is 0 Å². The number of aromatic nitrogens is 3. The van der Waals surface area contributed by atoms with Crippen molar-refractivity contribution < 1.29 is 0 Å². The Morgan fingerprint density at radius 1 is 0.815 bits per heavy atom. The Morgan fingerprint density at radius 3 is 2.04 bits per heavy atom. The number of rotatable bonds is 0. The molecule has 0 atom stereocenters.